The summed E-state index contributed by atoms with van der Waals surface area (Å²) in [5, 5.41) is 0. The Kier molecular flexibility index (Phi) is 4.03. The number of hydrogen-bond acceptors (Lipinski definition) is 1. The molecule has 3 heteroatoms. The van der Waals surface area contributed by atoms with E-state index in [1.165, 1.54) is 0 Å². The molecule has 2 N–H and O–H groups in total. The molecule has 1 aromatic carbocycles. The molecule has 0 amide bonds. The Morgan fingerprint density at radius 3 is 2.19 bits per heavy atom. The van der Waals surface area contributed by atoms with Gasteiger partial charge in [0.2, 0.25) is 6.43 Å². The standard InChI is InChI=1S/C13H19F2N/c1-13(2,3)11-7-5-4-6-9(11)10(8-16)12(14)15/h4-7,10,12H,8,16H2,1-3H3. The summed E-state index contributed by atoms with van der Waals surface area (Å²) in [5.41, 5.74) is 6.92. The molecule has 0 aliphatic heterocycles. The molecule has 0 saturated heterocycles. The van der Waals surface area contributed by atoms with E-state index in [1.807, 2.05) is 32.9 Å². The Labute approximate surface area is 95.7 Å². The third-order valence-corrected chi connectivity index (χ3v) is 2.73. The van der Waals surface area contributed by atoms with Crippen molar-refractivity contribution in [1.82, 2.24) is 0 Å². The summed E-state index contributed by atoms with van der Waals surface area (Å²) >= 11 is 0. The summed E-state index contributed by atoms with van der Waals surface area (Å²) in [6.07, 6.45) is -2.41. The zero-order valence-corrected chi connectivity index (χ0v) is 10.0. The first-order valence-electron chi connectivity index (χ1n) is 5.45. The van der Waals surface area contributed by atoms with E-state index in [9.17, 15) is 8.78 Å². The fourth-order valence-electron chi connectivity index (χ4n) is 1.87. The van der Waals surface area contributed by atoms with E-state index in [-0.39, 0.29) is 12.0 Å². The van der Waals surface area contributed by atoms with E-state index in [0.29, 0.717) is 5.56 Å². The summed E-state index contributed by atoms with van der Waals surface area (Å²) in [7, 11) is 0. The molecule has 1 rings (SSSR count). The number of alkyl halides is 2. The molecule has 0 fully saturated rings. The molecule has 0 spiro atoms. The van der Waals surface area contributed by atoms with Crippen LogP contribution < -0.4 is 5.73 Å². The van der Waals surface area contributed by atoms with Gasteiger partial charge in [0.25, 0.3) is 0 Å². The van der Waals surface area contributed by atoms with Crippen molar-refractivity contribution >= 4 is 0 Å². The third-order valence-electron chi connectivity index (χ3n) is 2.73. The van der Waals surface area contributed by atoms with Crippen LogP contribution in [0.15, 0.2) is 24.3 Å². The first kappa shape index (κ1) is 13.1. The van der Waals surface area contributed by atoms with Crippen LogP contribution in [-0.4, -0.2) is 13.0 Å². The van der Waals surface area contributed by atoms with Gasteiger partial charge in [0.05, 0.1) is 5.92 Å². The normalized spacial score (nSPS) is 14.2. The average Bonchev–Trinajstić information content (AvgIpc) is 2.17. The maximum atomic E-state index is 12.9. The molecule has 16 heavy (non-hydrogen) atoms. The number of halogens is 2. The number of rotatable bonds is 3. The third kappa shape index (κ3) is 2.79. The first-order valence-corrected chi connectivity index (χ1v) is 5.45. The summed E-state index contributed by atoms with van der Waals surface area (Å²) < 4.78 is 25.7. The van der Waals surface area contributed by atoms with Crippen LogP contribution >= 0.6 is 0 Å². The molecule has 1 unspecified atom stereocenters. The van der Waals surface area contributed by atoms with Crippen LogP contribution in [0.5, 0.6) is 0 Å². The van der Waals surface area contributed by atoms with Gasteiger partial charge in [-0.1, -0.05) is 45.0 Å². The smallest absolute Gasteiger partial charge is 0.246 e. The monoisotopic (exact) mass is 227 g/mol. The molecular formula is C13H19F2N. The molecule has 1 atom stereocenters. The minimum absolute atomic E-state index is 0.0231. The van der Waals surface area contributed by atoms with Crippen molar-refractivity contribution in [3.8, 4) is 0 Å². The summed E-state index contributed by atoms with van der Waals surface area (Å²) in [6, 6.07) is 7.32. The van der Waals surface area contributed by atoms with Crippen LogP contribution in [0.4, 0.5) is 8.78 Å². The first-order chi connectivity index (χ1) is 7.38. The van der Waals surface area contributed by atoms with Gasteiger partial charge in [-0.3, -0.25) is 0 Å². The van der Waals surface area contributed by atoms with Gasteiger partial charge in [0.1, 0.15) is 0 Å². The lowest BCUT2D eigenvalue weighted by Gasteiger charge is -2.26. The molecule has 0 radical (unpaired) electrons. The topological polar surface area (TPSA) is 26.0 Å². The minimum atomic E-state index is -2.41. The van der Waals surface area contributed by atoms with Crippen LogP contribution in [0.2, 0.25) is 0 Å². The summed E-state index contributed by atoms with van der Waals surface area (Å²) in [4.78, 5) is 0. The van der Waals surface area contributed by atoms with Gasteiger partial charge in [-0.05, 0) is 16.5 Å². The van der Waals surface area contributed by atoms with Crippen LogP contribution in [0.1, 0.15) is 37.8 Å². The van der Waals surface area contributed by atoms with Gasteiger partial charge in [0, 0.05) is 6.54 Å². The molecule has 1 aromatic rings. The van der Waals surface area contributed by atoms with Gasteiger partial charge < -0.3 is 5.73 Å². The van der Waals surface area contributed by atoms with E-state index in [2.05, 4.69) is 0 Å². The number of nitrogens with two attached hydrogens (primary N) is 1. The van der Waals surface area contributed by atoms with Gasteiger partial charge in [0.15, 0.2) is 0 Å². The molecule has 0 aliphatic carbocycles. The van der Waals surface area contributed by atoms with Crippen LogP contribution in [0.3, 0.4) is 0 Å². The fourth-order valence-corrected chi connectivity index (χ4v) is 1.87. The predicted molar refractivity (Wildman–Crippen MR) is 62.9 cm³/mol. The molecule has 90 valence electrons. The van der Waals surface area contributed by atoms with Crippen molar-refractivity contribution in [1.29, 1.82) is 0 Å². The summed E-state index contributed by atoms with van der Waals surface area (Å²) in [5.74, 6) is -0.865. The molecule has 0 saturated carbocycles. The lowest BCUT2D eigenvalue weighted by atomic mass is 9.80. The lowest BCUT2D eigenvalue weighted by molar-refractivity contribution is 0.116. The van der Waals surface area contributed by atoms with Gasteiger partial charge in [-0.25, -0.2) is 8.78 Å². The van der Waals surface area contributed by atoms with Crippen molar-refractivity contribution in [2.75, 3.05) is 6.54 Å². The van der Waals surface area contributed by atoms with Crippen LogP contribution in [0, 0.1) is 0 Å². The largest absolute Gasteiger partial charge is 0.330 e. The second-order valence-electron chi connectivity index (χ2n) is 5.01. The van der Waals surface area contributed by atoms with Crippen LogP contribution in [-0.2, 0) is 5.41 Å². The van der Waals surface area contributed by atoms with Crippen molar-refractivity contribution in [2.45, 2.75) is 38.5 Å². The number of hydrogen-bond donors (Lipinski definition) is 1. The number of benzene rings is 1. The average molecular weight is 227 g/mol. The zero-order chi connectivity index (χ0) is 12.3. The molecule has 0 aliphatic rings. The molecule has 0 bridgehead atoms. The molecule has 0 heterocycles. The van der Waals surface area contributed by atoms with Crippen molar-refractivity contribution in [2.24, 2.45) is 5.73 Å². The van der Waals surface area contributed by atoms with Gasteiger partial charge in [-0.2, -0.15) is 0 Å². The summed E-state index contributed by atoms with van der Waals surface area (Å²) in [6.45, 7) is 6.03. The Morgan fingerprint density at radius 1 is 1.19 bits per heavy atom. The maximum absolute atomic E-state index is 12.9. The van der Waals surface area contributed by atoms with Crippen molar-refractivity contribution < 1.29 is 8.78 Å². The highest BCUT2D eigenvalue weighted by Gasteiger charge is 2.27. The highest BCUT2D eigenvalue weighted by molar-refractivity contribution is 5.36. The predicted octanol–water partition coefficient (Wildman–Crippen LogP) is 3.29. The Morgan fingerprint density at radius 2 is 1.75 bits per heavy atom. The van der Waals surface area contributed by atoms with Gasteiger partial charge >= 0.3 is 0 Å². The second-order valence-corrected chi connectivity index (χ2v) is 5.01. The quantitative estimate of drug-likeness (QED) is 0.842. The molecule has 0 aromatic heterocycles. The van der Waals surface area contributed by atoms with E-state index in [4.69, 9.17) is 5.73 Å². The van der Waals surface area contributed by atoms with Crippen molar-refractivity contribution in [3.63, 3.8) is 0 Å². The van der Waals surface area contributed by atoms with Crippen LogP contribution in [0.25, 0.3) is 0 Å². The highest BCUT2D eigenvalue weighted by atomic mass is 19.3. The lowest BCUT2D eigenvalue weighted by Crippen LogP contribution is -2.24. The van der Waals surface area contributed by atoms with E-state index < -0.39 is 12.3 Å². The van der Waals surface area contributed by atoms with E-state index in [1.54, 1.807) is 12.1 Å². The van der Waals surface area contributed by atoms with Crippen molar-refractivity contribution in [3.05, 3.63) is 35.4 Å². The highest BCUT2D eigenvalue weighted by Crippen LogP contribution is 2.32. The molecular weight excluding hydrogens is 208 g/mol. The maximum Gasteiger partial charge on any atom is 0.246 e. The Hall–Kier alpha value is -0.960. The second kappa shape index (κ2) is 4.91. The minimum Gasteiger partial charge on any atom is -0.330 e. The van der Waals surface area contributed by atoms with E-state index in [0.717, 1.165) is 5.56 Å². The SMILES string of the molecule is CC(C)(C)c1ccccc1C(CN)C(F)F. The molecule has 1 nitrogen and oxygen atoms in total. The Balaban J connectivity index is 3.22. The van der Waals surface area contributed by atoms with Gasteiger partial charge in [-0.15, -0.1) is 0 Å². The zero-order valence-electron chi connectivity index (χ0n) is 10.0. The fraction of sp³-hybridized carbons (Fsp3) is 0.538. The van der Waals surface area contributed by atoms with E-state index >= 15 is 0 Å². The Bertz CT molecular complexity index is 342.